The molecule has 0 saturated heterocycles. The first-order valence-corrected chi connectivity index (χ1v) is 8.06. The van der Waals surface area contributed by atoms with Crippen molar-refractivity contribution < 1.29 is 14.3 Å². The molecule has 1 aromatic carbocycles. The van der Waals surface area contributed by atoms with Crippen molar-refractivity contribution in [2.24, 2.45) is 0 Å². The summed E-state index contributed by atoms with van der Waals surface area (Å²) < 4.78 is 12.7. The quantitative estimate of drug-likeness (QED) is 0.834. The topological polar surface area (TPSA) is 98.2 Å². The smallest absolute Gasteiger partial charge is 0.343 e. The van der Waals surface area contributed by atoms with Crippen LogP contribution < -0.4 is 20.5 Å². The number of aromatic nitrogens is 3. The number of nitrogens with zero attached hydrogens (tertiary/aromatic N) is 2. The van der Waals surface area contributed by atoms with E-state index in [2.05, 4.69) is 15.5 Å². The van der Waals surface area contributed by atoms with Crippen LogP contribution in [0.3, 0.4) is 0 Å². The maximum absolute atomic E-state index is 12.6. The maximum atomic E-state index is 12.6. The van der Waals surface area contributed by atoms with E-state index in [0.717, 1.165) is 12.2 Å². The van der Waals surface area contributed by atoms with E-state index in [1.807, 2.05) is 0 Å². The van der Waals surface area contributed by atoms with Crippen LogP contribution >= 0.6 is 0 Å². The number of fused-ring (bicyclic) bond motifs is 2. The summed E-state index contributed by atoms with van der Waals surface area (Å²) in [5.74, 6) is 1.65. The van der Waals surface area contributed by atoms with Crippen LogP contribution in [-0.2, 0) is 13.0 Å². The minimum atomic E-state index is -0.195. The van der Waals surface area contributed by atoms with Gasteiger partial charge in [-0.1, -0.05) is 6.07 Å². The van der Waals surface area contributed by atoms with Gasteiger partial charge in [-0.2, -0.15) is 5.10 Å². The third-order valence-electron chi connectivity index (χ3n) is 4.40. The standard InChI is InChI=1S/C16H18N4O4/c21-15(11-2-1-3-12-14(11)24-9-8-23-12)17-10-4-5-13-18-19-16(22)20(13)7-6-10/h1-3,10H,4-9H2,(H,17,21)(H,19,22). The summed E-state index contributed by atoms with van der Waals surface area (Å²) in [5.41, 5.74) is 0.284. The molecule has 0 fully saturated rings. The van der Waals surface area contributed by atoms with E-state index in [9.17, 15) is 9.59 Å². The lowest BCUT2D eigenvalue weighted by Gasteiger charge is -2.22. The first kappa shape index (κ1) is 14.8. The second-order valence-corrected chi connectivity index (χ2v) is 5.92. The Morgan fingerprint density at radius 3 is 3.08 bits per heavy atom. The Bertz CT molecular complexity index is 826. The van der Waals surface area contributed by atoms with Crippen LogP contribution in [0.5, 0.6) is 11.5 Å². The molecule has 2 N–H and O–H groups in total. The van der Waals surface area contributed by atoms with Crippen molar-refractivity contribution in [1.29, 1.82) is 0 Å². The monoisotopic (exact) mass is 330 g/mol. The van der Waals surface area contributed by atoms with Crippen molar-refractivity contribution >= 4 is 5.91 Å². The highest BCUT2D eigenvalue weighted by molar-refractivity contribution is 5.98. The van der Waals surface area contributed by atoms with Crippen LogP contribution in [0.2, 0.25) is 0 Å². The summed E-state index contributed by atoms with van der Waals surface area (Å²) in [6.07, 6.45) is 2.07. The zero-order chi connectivity index (χ0) is 16.5. The number of para-hydroxylation sites is 1. The van der Waals surface area contributed by atoms with Gasteiger partial charge in [-0.05, 0) is 25.0 Å². The van der Waals surface area contributed by atoms with E-state index in [0.29, 0.717) is 49.7 Å². The lowest BCUT2D eigenvalue weighted by Crippen LogP contribution is -2.36. The highest BCUT2D eigenvalue weighted by atomic mass is 16.6. The highest BCUT2D eigenvalue weighted by Gasteiger charge is 2.24. The first-order chi connectivity index (χ1) is 11.7. The van der Waals surface area contributed by atoms with Gasteiger partial charge in [-0.25, -0.2) is 9.89 Å². The van der Waals surface area contributed by atoms with Crippen molar-refractivity contribution in [2.75, 3.05) is 13.2 Å². The van der Waals surface area contributed by atoms with Gasteiger partial charge in [0, 0.05) is 19.0 Å². The van der Waals surface area contributed by atoms with Gasteiger partial charge in [0.2, 0.25) is 0 Å². The van der Waals surface area contributed by atoms with Gasteiger partial charge in [0.25, 0.3) is 5.91 Å². The number of amides is 1. The average Bonchev–Trinajstić information content (AvgIpc) is 2.84. The lowest BCUT2D eigenvalue weighted by molar-refractivity contribution is 0.0922. The molecule has 2 aromatic rings. The van der Waals surface area contributed by atoms with Crippen LogP contribution in [0.4, 0.5) is 0 Å². The number of ether oxygens (including phenoxy) is 2. The molecule has 0 radical (unpaired) electrons. The molecule has 2 aliphatic rings. The van der Waals surface area contributed by atoms with E-state index < -0.39 is 0 Å². The number of carbonyl (C=O) groups is 1. The second kappa shape index (κ2) is 6.03. The Balaban J connectivity index is 1.48. The first-order valence-electron chi connectivity index (χ1n) is 8.06. The van der Waals surface area contributed by atoms with Crippen LogP contribution in [0.15, 0.2) is 23.0 Å². The van der Waals surface area contributed by atoms with Crippen LogP contribution in [0.1, 0.15) is 29.0 Å². The van der Waals surface area contributed by atoms with Gasteiger partial charge < -0.3 is 14.8 Å². The Hall–Kier alpha value is -2.77. The molecule has 1 unspecified atom stereocenters. The predicted molar refractivity (Wildman–Crippen MR) is 84.5 cm³/mol. The van der Waals surface area contributed by atoms with E-state index in [-0.39, 0.29) is 17.6 Å². The van der Waals surface area contributed by atoms with Crippen LogP contribution in [0.25, 0.3) is 0 Å². The number of benzene rings is 1. The van der Waals surface area contributed by atoms with Gasteiger partial charge in [0.15, 0.2) is 11.5 Å². The van der Waals surface area contributed by atoms with Crippen LogP contribution in [0, 0.1) is 0 Å². The minimum Gasteiger partial charge on any atom is -0.486 e. The number of carbonyl (C=O) groups excluding carboxylic acids is 1. The van der Waals surface area contributed by atoms with Gasteiger partial charge in [0.1, 0.15) is 19.0 Å². The predicted octanol–water partition coefficient (Wildman–Crippen LogP) is 0.477. The molecule has 0 spiro atoms. The molecule has 4 rings (SSSR count). The number of H-pyrrole nitrogens is 1. The molecule has 8 heteroatoms. The molecule has 1 aromatic heterocycles. The van der Waals surface area contributed by atoms with E-state index in [1.165, 1.54) is 0 Å². The molecule has 8 nitrogen and oxygen atoms in total. The largest absolute Gasteiger partial charge is 0.486 e. The molecule has 3 heterocycles. The number of nitrogens with one attached hydrogen (secondary N) is 2. The van der Waals surface area contributed by atoms with Crippen molar-refractivity contribution in [2.45, 2.75) is 31.8 Å². The normalized spacial score (nSPS) is 19.2. The summed E-state index contributed by atoms with van der Waals surface area (Å²) in [7, 11) is 0. The zero-order valence-electron chi connectivity index (χ0n) is 13.1. The number of hydrogen-bond acceptors (Lipinski definition) is 5. The molecule has 126 valence electrons. The summed E-state index contributed by atoms with van der Waals surface area (Å²) in [5, 5.41) is 9.53. The second-order valence-electron chi connectivity index (χ2n) is 5.92. The van der Waals surface area contributed by atoms with Gasteiger partial charge in [-0.15, -0.1) is 0 Å². The average molecular weight is 330 g/mol. The van der Waals surface area contributed by atoms with E-state index >= 15 is 0 Å². The number of rotatable bonds is 2. The van der Waals surface area contributed by atoms with Gasteiger partial charge in [0.05, 0.1) is 5.56 Å². The zero-order valence-corrected chi connectivity index (χ0v) is 13.1. The van der Waals surface area contributed by atoms with Gasteiger partial charge in [-0.3, -0.25) is 9.36 Å². The van der Waals surface area contributed by atoms with E-state index in [4.69, 9.17) is 9.47 Å². The fraction of sp³-hybridized carbons (Fsp3) is 0.438. The summed E-state index contributed by atoms with van der Waals surface area (Å²) >= 11 is 0. The highest BCUT2D eigenvalue weighted by Crippen LogP contribution is 2.33. The molecular weight excluding hydrogens is 312 g/mol. The van der Waals surface area contributed by atoms with Crippen LogP contribution in [-0.4, -0.2) is 39.9 Å². The molecule has 0 bridgehead atoms. The van der Waals surface area contributed by atoms with Crippen molar-refractivity contribution in [3.8, 4) is 11.5 Å². The van der Waals surface area contributed by atoms with Crippen molar-refractivity contribution in [3.05, 3.63) is 40.1 Å². The van der Waals surface area contributed by atoms with E-state index in [1.54, 1.807) is 22.8 Å². The van der Waals surface area contributed by atoms with Crippen molar-refractivity contribution in [3.63, 3.8) is 0 Å². The fourth-order valence-corrected chi connectivity index (χ4v) is 3.16. The number of hydrogen-bond donors (Lipinski definition) is 2. The Labute approximate surface area is 137 Å². The number of aryl methyl sites for hydroxylation is 1. The molecule has 2 aliphatic heterocycles. The third kappa shape index (κ3) is 2.64. The minimum absolute atomic E-state index is 0.0148. The fourth-order valence-electron chi connectivity index (χ4n) is 3.16. The van der Waals surface area contributed by atoms with Crippen molar-refractivity contribution in [1.82, 2.24) is 20.1 Å². The Kier molecular flexibility index (Phi) is 3.72. The molecule has 1 amide bonds. The molecule has 0 saturated carbocycles. The lowest BCUT2D eigenvalue weighted by atomic mass is 10.1. The Morgan fingerprint density at radius 1 is 1.29 bits per heavy atom. The van der Waals surface area contributed by atoms with Gasteiger partial charge >= 0.3 is 5.69 Å². The molecule has 24 heavy (non-hydrogen) atoms. The molecule has 0 aliphatic carbocycles. The maximum Gasteiger partial charge on any atom is 0.343 e. The summed E-state index contributed by atoms with van der Waals surface area (Å²) in [4.78, 5) is 24.3. The Morgan fingerprint density at radius 2 is 2.17 bits per heavy atom. The number of aromatic amines is 1. The molecule has 1 atom stereocenters. The SMILES string of the molecule is O=C(NC1CCc2n[nH]c(=O)n2CC1)c1cccc2c1OCCO2. The summed E-state index contributed by atoms with van der Waals surface area (Å²) in [6.45, 7) is 1.47. The summed E-state index contributed by atoms with van der Waals surface area (Å²) in [6, 6.07) is 5.29. The third-order valence-corrected chi connectivity index (χ3v) is 4.40. The molecular formula is C16H18N4O4.